The Hall–Kier alpha value is -1.91. The molecule has 0 unspecified atom stereocenters. The quantitative estimate of drug-likeness (QED) is 0.656. The largest absolute Gasteiger partial charge is 0.338 e. The van der Waals surface area contributed by atoms with Crippen molar-refractivity contribution >= 4 is 33.2 Å². The zero-order valence-electron chi connectivity index (χ0n) is 12.6. The summed E-state index contributed by atoms with van der Waals surface area (Å²) in [5, 5.41) is 5.11. The highest BCUT2D eigenvalue weighted by Crippen LogP contribution is 2.31. The van der Waals surface area contributed by atoms with E-state index in [1.165, 1.54) is 11.3 Å². The molecule has 0 aliphatic carbocycles. The Morgan fingerprint density at radius 2 is 1.48 bits per heavy atom. The molecule has 116 valence electrons. The van der Waals surface area contributed by atoms with E-state index >= 15 is 0 Å². The third-order valence-corrected chi connectivity index (χ3v) is 5.73. The first-order valence-corrected chi connectivity index (χ1v) is 8.95. The molecule has 4 heteroatoms. The summed E-state index contributed by atoms with van der Waals surface area (Å²) in [6.07, 6.45) is 0. The summed E-state index contributed by atoms with van der Waals surface area (Å²) in [7, 11) is 0. The summed E-state index contributed by atoms with van der Waals surface area (Å²) in [4.78, 5) is 13.4. The summed E-state index contributed by atoms with van der Waals surface area (Å²) in [6, 6.07) is 22.0. The van der Waals surface area contributed by atoms with E-state index in [1.807, 2.05) is 79.0 Å². The van der Waals surface area contributed by atoms with Crippen LogP contribution >= 0.6 is 27.3 Å². The minimum atomic E-state index is -0.594. The average Bonchev–Trinajstić information content (AvgIpc) is 3.02. The van der Waals surface area contributed by atoms with Crippen LogP contribution in [0.1, 0.15) is 27.7 Å². The van der Waals surface area contributed by atoms with E-state index in [-0.39, 0.29) is 5.91 Å². The number of carbonyl (C=O) groups excluding carboxylic acids is 1. The lowest BCUT2D eigenvalue weighted by Gasteiger charge is -2.32. The molecular formula is C19H16BrNOS. The van der Waals surface area contributed by atoms with Crippen molar-refractivity contribution in [1.82, 2.24) is 5.32 Å². The summed E-state index contributed by atoms with van der Waals surface area (Å²) in [6.45, 7) is 2.04. The van der Waals surface area contributed by atoms with E-state index in [9.17, 15) is 4.79 Å². The smallest absolute Gasteiger partial charge is 0.263 e. The molecule has 1 N–H and O–H groups in total. The Balaban J connectivity index is 2.03. The lowest BCUT2D eigenvalue weighted by atomic mass is 9.84. The fraction of sp³-hybridized carbons (Fsp3) is 0.105. The van der Waals surface area contributed by atoms with E-state index in [2.05, 4.69) is 21.2 Å². The second-order valence-corrected chi connectivity index (χ2v) is 7.18. The van der Waals surface area contributed by atoms with Gasteiger partial charge in [-0.05, 0) is 45.4 Å². The maximum atomic E-state index is 12.8. The number of thiophene rings is 1. The van der Waals surface area contributed by atoms with Crippen molar-refractivity contribution in [3.05, 3.63) is 92.6 Å². The van der Waals surface area contributed by atoms with Gasteiger partial charge in [-0.25, -0.2) is 0 Å². The number of carbonyl (C=O) groups is 1. The van der Waals surface area contributed by atoms with Crippen LogP contribution < -0.4 is 5.32 Å². The third kappa shape index (κ3) is 3.23. The van der Waals surface area contributed by atoms with Crippen molar-refractivity contribution in [1.29, 1.82) is 0 Å². The highest BCUT2D eigenvalue weighted by atomic mass is 79.9. The van der Waals surface area contributed by atoms with Crippen molar-refractivity contribution in [2.45, 2.75) is 12.5 Å². The molecule has 2 aromatic carbocycles. The topological polar surface area (TPSA) is 29.1 Å². The van der Waals surface area contributed by atoms with Crippen LogP contribution in [0.4, 0.5) is 0 Å². The molecule has 1 heterocycles. The van der Waals surface area contributed by atoms with Crippen LogP contribution in [-0.2, 0) is 5.54 Å². The minimum Gasteiger partial charge on any atom is -0.338 e. The fourth-order valence-corrected chi connectivity index (χ4v) is 4.04. The molecule has 3 rings (SSSR count). The molecule has 0 radical (unpaired) electrons. The molecule has 0 fully saturated rings. The molecule has 0 saturated carbocycles. The van der Waals surface area contributed by atoms with E-state index in [1.54, 1.807) is 0 Å². The number of halogens is 1. The van der Waals surface area contributed by atoms with Crippen LogP contribution in [0.3, 0.4) is 0 Å². The molecule has 3 aromatic rings. The Labute approximate surface area is 148 Å². The highest BCUT2D eigenvalue weighted by Gasteiger charge is 2.31. The predicted molar refractivity (Wildman–Crippen MR) is 98.8 cm³/mol. The molecule has 23 heavy (non-hydrogen) atoms. The summed E-state index contributed by atoms with van der Waals surface area (Å²) < 4.78 is 0.823. The Morgan fingerprint density at radius 1 is 0.957 bits per heavy atom. The van der Waals surface area contributed by atoms with Gasteiger partial charge in [-0.15, -0.1) is 11.3 Å². The zero-order chi connectivity index (χ0) is 16.3. The molecule has 1 aromatic heterocycles. The molecule has 1 amide bonds. The van der Waals surface area contributed by atoms with E-state index in [0.717, 1.165) is 15.6 Å². The van der Waals surface area contributed by atoms with E-state index in [4.69, 9.17) is 0 Å². The molecule has 0 aliphatic rings. The monoisotopic (exact) mass is 385 g/mol. The highest BCUT2D eigenvalue weighted by molar-refractivity contribution is 9.10. The predicted octanol–water partition coefficient (Wildman–Crippen LogP) is 5.20. The van der Waals surface area contributed by atoms with Crippen molar-refractivity contribution in [3.8, 4) is 0 Å². The van der Waals surface area contributed by atoms with Crippen molar-refractivity contribution in [3.63, 3.8) is 0 Å². The van der Waals surface area contributed by atoms with E-state index in [0.29, 0.717) is 4.88 Å². The normalized spacial score (nSPS) is 11.2. The summed E-state index contributed by atoms with van der Waals surface area (Å²) in [5.74, 6) is -0.0814. The summed E-state index contributed by atoms with van der Waals surface area (Å²) >= 11 is 4.87. The van der Waals surface area contributed by atoms with Crippen LogP contribution in [0.25, 0.3) is 0 Å². The molecular weight excluding hydrogens is 370 g/mol. The molecule has 0 bridgehead atoms. The van der Waals surface area contributed by atoms with Crippen LogP contribution in [-0.4, -0.2) is 5.91 Å². The van der Waals surface area contributed by atoms with Gasteiger partial charge in [-0.2, -0.15) is 0 Å². The number of rotatable bonds is 4. The molecule has 0 saturated heterocycles. The number of hydrogen-bond donors (Lipinski definition) is 1. The third-order valence-electron chi connectivity index (χ3n) is 3.89. The molecule has 0 spiro atoms. The van der Waals surface area contributed by atoms with Crippen LogP contribution in [0.2, 0.25) is 0 Å². The van der Waals surface area contributed by atoms with Gasteiger partial charge in [-0.3, -0.25) is 4.79 Å². The van der Waals surface area contributed by atoms with Crippen molar-refractivity contribution < 1.29 is 4.79 Å². The second-order valence-electron chi connectivity index (χ2n) is 5.41. The van der Waals surface area contributed by atoms with Crippen molar-refractivity contribution in [2.24, 2.45) is 0 Å². The van der Waals surface area contributed by atoms with Gasteiger partial charge in [0.1, 0.15) is 4.88 Å². The number of benzene rings is 2. The van der Waals surface area contributed by atoms with Gasteiger partial charge in [0.15, 0.2) is 0 Å². The van der Waals surface area contributed by atoms with Gasteiger partial charge in [0, 0.05) is 4.47 Å². The minimum absolute atomic E-state index is 0.0814. The first-order valence-electron chi connectivity index (χ1n) is 7.28. The van der Waals surface area contributed by atoms with Gasteiger partial charge in [0.25, 0.3) is 5.91 Å². The average molecular weight is 386 g/mol. The Bertz CT molecular complexity index is 759. The van der Waals surface area contributed by atoms with Crippen molar-refractivity contribution in [2.75, 3.05) is 0 Å². The Morgan fingerprint density at radius 3 is 1.91 bits per heavy atom. The first kappa shape index (κ1) is 16.0. The Kier molecular flexibility index (Phi) is 4.64. The molecule has 0 atom stereocenters. The maximum Gasteiger partial charge on any atom is 0.263 e. The standard InChI is InChI=1S/C19H16BrNOS/c1-19(14-8-4-2-5-9-14,15-10-6-3-7-11-15)21-18(22)17-16(20)12-13-23-17/h2-13H,1H3,(H,21,22). The fourth-order valence-electron chi connectivity index (χ4n) is 2.59. The SMILES string of the molecule is CC(NC(=O)c1sccc1Br)(c1ccccc1)c1ccccc1. The van der Waals surface area contributed by atoms with Crippen LogP contribution in [0, 0.1) is 0 Å². The lowest BCUT2D eigenvalue weighted by Crippen LogP contribution is -2.44. The molecule has 0 aliphatic heterocycles. The van der Waals surface area contributed by atoms with Gasteiger partial charge in [0.05, 0.1) is 5.54 Å². The van der Waals surface area contributed by atoms with Crippen LogP contribution in [0.15, 0.2) is 76.6 Å². The first-order chi connectivity index (χ1) is 11.1. The van der Waals surface area contributed by atoms with Gasteiger partial charge in [-0.1, -0.05) is 60.7 Å². The number of amides is 1. The van der Waals surface area contributed by atoms with Gasteiger partial charge >= 0.3 is 0 Å². The second kappa shape index (κ2) is 6.69. The van der Waals surface area contributed by atoms with E-state index < -0.39 is 5.54 Å². The van der Waals surface area contributed by atoms with Gasteiger partial charge < -0.3 is 5.32 Å². The number of hydrogen-bond acceptors (Lipinski definition) is 2. The maximum absolute atomic E-state index is 12.8. The summed E-state index contributed by atoms with van der Waals surface area (Å²) in [5.41, 5.74) is 1.50. The van der Waals surface area contributed by atoms with Crippen LogP contribution in [0.5, 0.6) is 0 Å². The van der Waals surface area contributed by atoms with Gasteiger partial charge in [0.2, 0.25) is 0 Å². The zero-order valence-corrected chi connectivity index (χ0v) is 15.0. The molecule has 2 nitrogen and oxygen atoms in total. The number of nitrogens with one attached hydrogen (secondary N) is 1. The lowest BCUT2D eigenvalue weighted by molar-refractivity contribution is 0.0922.